The quantitative estimate of drug-likeness (QED) is 0.156. The number of rotatable bonds is 7. The molecule has 0 saturated carbocycles. The number of aromatic amines is 1. The number of ether oxygens (including phenoxy) is 1. The first-order chi connectivity index (χ1) is 14.9. The minimum atomic E-state index is -1.28. The number of amides is 1. The van der Waals surface area contributed by atoms with Crippen LogP contribution < -0.4 is 16.4 Å². The number of imidazole rings is 1. The number of nitrogens with one attached hydrogen (secondary N) is 3. The number of aromatic nitrogens is 4. The van der Waals surface area contributed by atoms with E-state index in [0.717, 1.165) is 0 Å². The number of carbonyl (C=O) groups excluding carboxylic acids is 1. The summed E-state index contributed by atoms with van der Waals surface area (Å²) in [5.74, 6) is 5.28. The molecular formula is C17H23N7O6S. The highest BCUT2D eigenvalue weighted by molar-refractivity contribution is 7.71. The van der Waals surface area contributed by atoms with Gasteiger partial charge in [-0.25, -0.2) is 9.97 Å². The standard InChI is InChI=1S/C17H23N7O6S/c18-8(5-25)14(29)19-3-1-2-4-20-17-22-13-10(15(31)23-17)21-7-24(13)16-12(28)11(27)9(6-26)30-16/h7-9,11-12,16,25-28H,3-6,18H2,(H,19,29)(H2,20,22,23,31)/t8?,9-,11-,12-,16-/m1/s1. The van der Waals surface area contributed by atoms with Gasteiger partial charge in [-0.2, -0.15) is 0 Å². The highest BCUT2D eigenvalue weighted by Crippen LogP contribution is 2.31. The van der Waals surface area contributed by atoms with Crippen molar-refractivity contribution in [2.24, 2.45) is 5.73 Å². The lowest BCUT2D eigenvalue weighted by molar-refractivity contribution is -0.122. The summed E-state index contributed by atoms with van der Waals surface area (Å²) in [7, 11) is 0. The third-order valence-corrected chi connectivity index (χ3v) is 4.88. The molecule has 168 valence electrons. The lowest BCUT2D eigenvalue weighted by atomic mass is 10.1. The molecule has 0 aromatic carbocycles. The van der Waals surface area contributed by atoms with Crippen LogP contribution >= 0.6 is 12.2 Å². The van der Waals surface area contributed by atoms with Crippen LogP contribution in [0, 0.1) is 16.5 Å². The van der Waals surface area contributed by atoms with Gasteiger partial charge in [-0.1, -0.05) is 24.1 Å². The number of anilines is 1. The first-order valence-electron chi connectivity index (χ1n) is 9.30. The number of nitrogens with zero attached hydrogens (tertiary/aromatic N) is 3. The molecule has 3 rings (SSSR count). The van der Waals surface area contributed by atoms with E-state index in [0.29, 0.717) is 11.2 Å². The molecule has 13 nitrogen and oxygen atoms in total. The van der Waals surface area contributed by atoms with E-state index in [9.17, 15) is 20.1 Å². The molecular weight excluding hydrogens is 430 g/mol. The molecule has 2 aromatic rings. The van der Waals surface area contributed by atoms with E-state index >= 15 is 0 Å². The fourth-order valence-electron chi connectivity index (χ4n) is 2.92. The van der Waals surface area contributed by atoms with Crippen molar-refractivity contribution in [1.82, 2.24) is 24.8 Å². The summed E-state index contributed by atoms with van der Waals surface area (Å²) >= 11 is 5.26. The molecule has 0 aliphatic carbocycles. The van der Waals surface area contributed by atoms with Crippen LogP contribution in [0.3, 0.4) is 0 Å². The van der Waals surface area contributed by atoms with Gasteiger partial charge >= 0.3 is 0 Å². The fraction of sp³-hybridized carbons (Fsp3) is 0.529. The average Bonchev–Trinajstić information content (AvgIpc) is 3.31. The van der Waals surface area contributed by atoms with E-state index < -0.39 is 49.7 Å². The van der Waals surface area contributed by atoms with Crippen LogP contribution in [0.25, 0.3) is 11.2 Å². The monoisotopic (exact) mass is 453 g/mol. The number of nitrogens with two attached hydrogens (primary N) is 1. The molecule has 2 aromatic heterocycles. The first-order valence-corrected chi connectivity index (χ1v) is 9.71. The Morgan fingerprint density at radius 1 is 1.35 bits per heavy atom. The Balaban J connectivity index is 1.69. The Morgan fingerprint density at radius 2 is 2.10 bits per heavy atom. The summed E-state index contributed by atoms with van der Waals surface area (Å²) in [6.45, 7) is -0.660. The largest absolute Gasteiger partial charge is 0.394 e. The van der Waals surface area contributed by atoms with Gasteiger partial charge in [-0.05, 0) is 0 Å². The van der Waals surface area contributed by atoms with Gasteiger partial charge in [-0.3, -0.25) is 9.36 Å². The van der Waals surface area contributed by atoms with Gasteiger partial charge in [0.15, 0.2) is 10.9 Å². The van der Waals surface area contributed by atoms with Crippen molar-refractivity contribution in [3.05, 3.63) is 11.0 Å². The van der Waals surface area contributed by atoms with Gasteiger partial charge in [0, 0.05) is 0 Å². The van der Waals surface area contributed by atoms with E-state index in [2.05, 4.69) is 37.4 Å². The van der Waals surface area contributed by atoms with E-state index in [1.807, 2.05) is 0 Å². The van der Waals surface area contributed by atoms with E-state index in [1.54, 1.807) is 0 Å². The maximum Gasteiger partial charge on any atom is 0.240 e. The minimum Gasteiger partial charge on any atom is -0.394 e. The zero-order chi connectivity index (χ0) is 22.5. The number of H-pyrrole nitrogens is 1. The molecule has 1 amide bonds. The summed E-state index contributed by atoms with van der Waals surface area (Å²) < 4.78 is 7.19. The predicted molar refractivity (Wildman–Crippen MR) is 110 cm³/mol. The highest BCUT2D eigenvalue weighted by Gasteiger charge is 2.43. The first kappa shape index (κ1) is 23.0. The number of aliphatic hydroxyl groups excluding tert-OH is 4. The summed E-state index contributed by atoms with van der Waals surface area (Å²) in [4.78, 5) is 22.8. The molecule has 1 aliphatic rings. The topological polar surface area (TPSA) is 204 Å². The van der Waals surface area contributed by atoms with Gasteiger partial charge < -0.3 is 46.5 Å². The van der Waals surface area contributed by atoms with Crippen LogP contribution in [0.15, 0.2) is 6.33 Å². The molecule has 1 unspecified atom stereocenters. The molecule has 31 heavy (non-hydrogen) atoms. The summed E-state index contributed by atoms with van der Waals surface area (Å²) in [5, 5.41) is 43.7. The molecule has 3 heterocycles. The number of hydrogen-bond acceptors (Lipinski definition) is 11. The SMILES string of the molecule is NC(CO)C(=O)NCC#CCNc1nc(=S)c2ncn([C@@H]3O[C@H](CO)[C@@H](O)[C@H]3O)c2[nH]1. The lowest BCUT2D eigenvalue weighted by Crippen LogP contribution is -2.43. The van der Waals surface area contributed by atoms with Crippen LogP contribution in [-0.2, 0) is 9.53 Å². The maximum absolute atomic E-state index is 11.4. The predicted octanol–water partition coefficient (Wildman–Crippen LogP) is -3.05. The van der Waals surface area contributed by atoms with E-state index in [1.165, 1.54) is 10.9 Å². The van der Waals surface area contributed by atoms with Crippen molar-refractivity contribution >= 4 is 35.2 Å². The van der Waals surface area contributed by atoms with Crippen molar-refractivity contribution in [2.45, 2.75) is 30.6 Å². The molecule has 1 saturated heterocycles. The molecule has 0 spiro atoms. The van der Waals surface area contributed by atoms with Gasteiger partial charge in [-0.15, -0.1) is 0 Å². The van der Waals surface area contributed by atoms with Gasteiger partial charge in [0.1, 0.15) is 35.5 Å². The van der Waals surface area contributed by atoms with Crippen molar-refractivity contribution in [2.75, 3.05) is 31.6 Å². The van der Waals surface area contributed by atoms with Crippen LogP contribution in [0.1, 0.15) is 6.23 Å². The molecule has 0 bridgehead atoms. The fourth-order valence-corrected chi connectivity index (χ4v) is 3.16. The third kappa shape index (κ3) is 4.99. The van der Waals surface area contributed by atoms with Crippen molar-refractivity contribution in [3.8, 4) is 11.8 Å². The number of aliphatic hydroxyl groups is 4. The Kier molecular flexibility index (Phi) is 7.51. The normalized spacial score (nSPS) is 23.9. The van der Waals surface area contributed by atoms with Crippen LogP contribution in [0.5, 0.6) is 0 Å². The number of hydrogen-bond donors (Lipinski definition) is 8. The van der Waals surface area contributed by atoms with Crippen molar-refractivity contribution < 1.29 is 30.0 Å². The molecule has 5 atom stereocenters. The molecule has 1 fully saturated rings. The smallest absolute Gasteiger partial charge is 0.240 e. The Morgan fingerprint density at radius 3 is 2.77 bits per heavy atom. The second kappa shape index (κ2) is 10.1. The van der Waals surface area contributed by atoms with Gasteiger partial charge in [0.05, 0.1) is 32.6 Å². The summed E-state index contributed by atoms with van der Waals surface area (Å²) in [5.41, 5.74) is 6.14. The number of fused-ring (bicyclic) bond motifs is 1. The highest BCUT2D eigenvalue weighted by atomic mass is 32.1. The Bertz CT molecular complexity index is 1050. The van der Waals surface area contributed by atoms with E-state index in [4.69, 9.17) is 27.8 Å². The second-order valence-corrected chi connectivity index (χ2v) is 7.07. The van der Waals surface area contributed by atoms with Crippen molar-refractivity contribution in [1.29, 1.82) is 0 Å². The molecule has 0 radical (unpaired) electrons. The van der Waals surface area contributed by atoms with Gasteiger partial charge in [0.25, 0.3) is 0 Å². The molecule has 1 aliphatic heterocycles. The summed E-state index contributed by atoms with van der Waals surface area (Å²) in [6.07, 6.45) is -3.05. The maximum atomic E-state index is 11.4. The lowest BCUT2D eigenvalue weighted by Gasteiger charge is -2.17. The zero-order valence-corrected chi connectivity index (χ0v) is 17.0. The van der Waals surface area contributed by atoms with Crippen molar-refractivity contribution in [3.63, 3.8) is 0 Å². The van der Waals surface area contributed by atoms with E-state index in [-0.39, 0.29) is 23.7 Å². The van der Waals surface area contributed by atoms with Crippen LogP contribution in [0.4, 0.5) is 5.95 Å². The second-order valence-electron chi connectivity index (χ2n) is 6.68. The van der Waals surface area contributed by atoms with Gasteiger partial charge in [0.2, 0.25) is 11.9 Å². The zero-order valence-electron chi connectivity index (χ0n) is 16.2. The Labute approximate surface area is 181 Å². The average molecular weight is 453 g/mol. The minimum absolute atomic E-state index is 0.0642. The molecule has 9 N–H and O–H groups in total. The summed E-state index contributed by atoms with van der Waals surface area (Å²) in [6, 6.07) is -0.989. The van der Waals surface area contributed by atoms with Crippen LogP contribution in [0.2, 0.25) is 0 Å². The number of carbonyl (C=O) groups is 1. The van der Waals surface area contributed by atoms with Crippen LogP contribution in [-0.4, -0.2) is 96.5 Å². The Hall–Kier alpha value is -2.64. The molecule has 14 heteroatoms. The third-order valence-electron chi connectivity index (χ3n) is 4.59.